The lowest BCUT2D eigenvalue weighted by atomic mass is 10.4. The van der Waals surface area contributed by atoms with E-state index in [2.05, 4.69) is 59.7 Å². The molecule has 0 bridgehead atoms. The minimum absolute atomic E-state index is 0.0204. The Labute approximate surface area is 173 Å². The molecule has 0 heterocycles. The lowest BCUT2D eigenvalue weighted by molar-refractivity contribution is -0.124. The van der Waals surface area contributed by atoms with Crippen molar-refractivity contribution in [3.8, 4) is 0 Å². The highest BCUT2D eigenvalue weighted by Gasteiger charge is 2.27. The molecule has 0 saturated carbocycles. The Morgan fingerprint density at radius 1 is 0.778 bits per heavy atom. The van der Waals surface area contributed by atoms with Gasteiger partial charge in [0.15, 0.2) is 0 Å². The first kappa shape index (κ1) is 29.7. The summed E-state index contributed by atoms with van der Waals surface area (Å²) in [6, 6.07) is 1.02. The van der Waals surface area contributed by atoms with E-state index in [0.717, 1.165) is 38.5 Å². The van der Waals surface area contributed by atoms with Crippen molar-refractivity contribution in [1.82, 2.24) is 0 Å². The van der Waals surface area contributed by atoms with Crippen molar-refractivity contribution in [1.29, 1.82) is 0 Å². The van der Waals surface area contributed by atoms with Gasteiger partial charge in [-0.1, -0.05) is 26.9 Å². The third-order valence-corrected chi connectivity index (χ3v) is 5.94. The highest BCUT2D eigenvalue weighted by molar-refractivity contribution is 6.73. The Kier molecular flexibility index (Phi) is 20.3. The van der Waals surface area contributed by atoms with Gasteiger partial charge in [0.2, 0.25) is 16.6 Å². The minimum atomic E-state index is -1.78. The molecule has 166 valence electrons. The highest BCUT2D eigenvalue weighted by Crippen LogP contribution is 2.17. The van der Waals surface area contributed by atoms with Gasteiger partial charge >= 0.3 is 0 Å². The fraction of sp³-hybridized carbons (Fsp3) is 1.00. The van der Waals surface area contributed by atoms with Gasteiger partial charge in [-0.05, 0) is 58.0 Å². The fourth-order valence-electron chi connectivity index (χ4n) is 1.89. The summed E-state index contributed by atoms with van der Waals surface area (Å²) in [7, 11) is -2.98. The maximum absolute atomic E-state index is 5.96. The van der Waals surface area contributed by atoms with Crippen LogP contribution in [0.5, 0.6) is 0 Å². The predicted octanol–water partition coefficient (Wildman–Crippen LogP) is 4.85. The summed E-state index contributed by atoms with van der Waals surface area (Å²) in [6.07, 6.45) is 3.05. The zero-order chi connectivity index (χ0) is 21.2. The lowest BCUT2D eigenvalue weighted by Gasteiger charge is -2.26. The standard InChI is InChI=1S/C17H40O5Si2.C2H8Si/c1-8-11-18-15-17(16-19-12-9-2)20-13-10-14-24(6,7)22-21-23(3,4)5;1-3-2/h17H,8-16H2,1-7H3;3H2,1-2H3. The predicted molar refractivity (Wildman–Crippen MR) is 125 cm³/mol. The Hall–Kier alpha value is 0.451. The highest BCUT2D eigenvalue weighted by atomic mass is 28.4. The molecule has 0 saturated heterocycles. The van der Waals surface area contributed by atoms with Crippen LogP contribution in [0.3, 0.4) is 0 Å². The second kappa shape index (κ2) is 18.5. The molecule has 0 fully saturated rings. The van der Waals surface area contributed by atoms with Crippen molar-refractivity contribution in [3.63, 3.8) is 0 Å². The molecule has 0 aromatic carbocycles. The van der Waals surface area contributed by atoms with Gasteiger partial charge < -0.3 is 14.2 Å². The van der Waals surface area contributed by atoms with Crippen molar-refractivity contribution < 1.29 is 23.4 Å². The quantitative estimate of drug-likeness (QED) is 0.148. The van der Waals surface area contributed by atoms with Gasteiger partial charge in [0, 0.05) is 29.3 Å². The first-order chi connectivity index (χ1) is 12.6. The van der Waals surface area contributed by atoms with Crippen molar-refractivity contribution >= 4 is 26.2 Å². The first-order valence-corrected chi connectivity index (χ1v) is 20.1. The van der Waals surface area contributed by atoms with Crippen molar-refractivity contribution in [2.24, 2.45) is 0 Å². The van der Waals surface area contributed by atoms with E-state index in [4.69, 9.17) is 23.4 Å². The third-order valence-electron chi connectivity index (χ3n) is 3.10. The molecule has 5 nitrogen and oxygen atoms in total. The monoisotopic (exact) mass is 440 g/mol. The van der Waals surface area contributed by atoms with Crippen molar-refractivity contribution in [2.75, 3.05) is 33.0 Å². The number of ether oxygens (including phenoxy) is 3. The molecule has 0 amide bonds. The van der Waals surface area contributed by atoms with Crippen LogP contribution in [-0.4, -0.2) is 65.3 Å². The average molecular weight is 441 g/mol. The number of rotatable bonds is 16. The zero-order valence-corrected chi connectivity index (χ0v) is 23.1. The van der Waals surface area contributed by atoms with E-state index in [9.17, 15) is 0 Å². The smallest absolute Gasteiger partial charge is 0.231 e. The first-order valence-electron chi connectivity index (χ1n) is 10.8. The van der Waals surface area contributed by atoms with Crippen LogP contribution in [0.1, 0.15) is 33.1 Å². The van der Waals surface area contributed by atoms with Crippen LogP contribution in [0.15, 0.2) is 0 Å². The molecule has 0 aliphatic rings. The molecule has 0 N–H and O–H groups in total. The topological polar surface area (TPSA) is 46.2 Å². The molecule has 0 rings (SSSR count). The number of hydrogen-bond acceptors (Lipinski definition) is 5. The summed E-state index contributed by atoms with van der Waals surface area (Å²) in [5.74, 6) is 0. The maximum Gasteiger partial charge on any atom is 0.231 e. The molecule has 27 heavy (non-hydrogen) atoms. The van der Waals surface area contributed by atoms with Gasteiger partial charge in [0.05, 0.1) is 13.2 Å². The molecule has 8 heteroatoms. The maximum atomic E-state index is 5.96. The fourth-order valence-corrected chi connectivity index (χ4v) is 4.87. The van der Waals surface area contributed by atoms with Crippen LogP contribution in [0.25, 0.3) is 0 Å². The van der Waals surface area contributed by atoms with Crippen LogP contribution in [0.2, 0.25) is 51.9 Å². The Morgan fingerprint density at radius 2 is 1.26 bits per heavy atom. The summed E-state index contributed by atoms with van der Waals surface area (Å²) < 4.78 is 28.6. The largest absolute Gasteiger partial charge is 0.379 e. The van der Waals surface area contributed by atoms with Gasteiger partial charge in [-0.2, -0.15) is 0 Å². The zero-order valence-electron chi connectivity index (χ0n) is 19.7. The lowest BCUT2D eigenvalue weighted by Crippen LogP contribution is -2.37. The van der Waals surface area contributed by atoms with Crippen LogP contribution in [-0.2, 0) is 23.4 Å². The van der Waals surface area contributed by atoms with Crippen LogP contribution < -0.4 is 0 Å². The summed E-state index contributed by atoms with van der Waals surface area (Å²) >= 11 is 0. The molecule has 0 aromatic rings. The molecular weight excluding hydrogens is 392 g/mol. The van der Waals surface area contributed by atoms with Gasteiger partial charge in [-0.3, -0.25) is 9.15 Å². The normalized spacial score (nSPS) is 12.2. The summed E-state index contributed by atoms with van der Waals surface area (Å²) in [4.78, 5) is 0. The van der Waals surface area contributed by atoms with Crippen LogP contribution in [0, 0.1) is 0 Å². The molecule has 0 radical (unpaired) electrons. The SMILES string of the molecule is CCCOCC(COCCC)OCCC[Si](C)(C)OO[Si](C)(C)C.C[SiH2]C. The van der Waals surface area contributed by atoms with E-state index in [1.54, 1.807) is 0 Å². The van der Waals surface area contributed by atoms with E-state index in [-0.39, 0.29) is 6.10 Å². The Bertz CT molecular complexity index is 302. The van der Waals surface area contributed by atoms with Crippen molar-refractivity contribution in [2.45, 2.75) is 91.1 Å². The Morgan fingerprint density at radius 3 is 1.67 bits per heavy atom. The minimum Gasteiger partial charge on any atom is -0.379 e. The van der Waals surface area contributed by atoms with Crippen molar-refractivity contribution in [3.05, 3.63) is 0 Å². The molecule has 0 aromatic heterocycles. The third kappa shape index (κ3) is 24.4. The van der Waals surface area contributed by atoms with Gasteiger partial charge in [-0.25, -0.2) is 0 Å². The van der Waals surface area contributed by atoms with Crippen LogP contribution in [0.4, 0.5) is 0 Å². The average Bonchev–Trinajstić information content (AvgIpc) is 2.57. The number of hydrogen-bond donors (Lipinski definition) is 0. The van der Waals surface area contributed by atoms with Gasteiger partial charge in [-0.15, -0.1) is 0 Å². The van der Waals surface area contributed by atoms with E-state index < -0.39 is 16.6 Å². The second-order valence-electron chi connectivity index (χ2n) is 8.49. The summed E-state index contributed by atoms with van der Waals surface area (Å²) in [6.45, 7) is 23.0. The summed E-state index contributed by atoms with van der Waals surface area (Å²) in [5, 5.41) is 0. The molecular formula is C19H48O5Si3. The second-order valence-corrected chi connectivity index (χ2v) is 18.5. The van der Waals surface area contributed by atoms with Gasteiger partial charge in [0.1, 0.15) is 6.10 Å². The van der Waals surface area contributed by atoms with E-state index >= 15 is 0 Å². The van der Waals surface area contributed by atoms with Gasteiger partial charge in [0.25, 0.3) is 0 Å². The Balaban J connectivity index is 0. The van der Waals surface area contributed by atoms with E-state index in [0.29, 0.717) is 29.3 Å². The molecule has 0 atom stereocenters. The molecule has 0 unspecified atom stereocenters. The summed E-state index contributed by atoms with van der Waals surface area (Å²) in [5.41, 5.74) is 0. The van der Waals surface area contributed by atoms with E-state index in [1.807, 2.05) is 0 Å². The van der Waals surface area contributed by atoms with Crippen LogP contribution >= 0.6 is 0 Å². The van der Waals surface area contributed by atoms with E-state index in [1.165, 1.54) is 0 Å². The molecule has 0 aliphatic carbocycles. The molecule has 0 aliphatic heterocycles. The molecule has 0 spiro atoms.